The molecule has 2 aliphatic rings. The Morgan fingerprint density at radius 1 is 1.24 bits per heavy atom. The molecule has 0 radical (unpaired) electrons. The van der Waals surface area contributed by atoms with Crippen LogP contribution in [0.25, 0.3) is 0 Å². The fourth-order valence-electron chi connectivity index (χ4n) is 3.44. The normalized spacial score (nSPS) is 21.1. The molecule has 1 aromatic rings. The van der Waals surface area contributed by atoms with E-state index in [4.69, 9.17) is 14.2 Å². The molecule has 1 saturated carbocycles. The molecular formula is C18H26N2O5. The van der Waals surface area contributed by atoms with Crippen LogP contribution in [0.2, 0.25) is 0 Å². The summed E-state index contributed by atoms with van der Waals surface area (Å²) in [5.41, 5.74) is 0.606. The number of anilines is 1. The first-order valence-corrected chi connectivity index (χ1v) is 8.64. The Labute approximate surface area is 147 Å². The second kappa shape index (κ2) is 7.19. The summed E-state index contributed by atoms with van der Waals surface area (Å²) in [5.74, 6) is 0.192. The Bertz CT molecular complexity index is 618. The molecule has 138 valence electrons. The molecule has 3 N–H and O–H groups in total. The smallest absolute Gasteiger partial charge is 0.319 e. The van der Waals surface area contributed by atoms with E-state index >= 15 is 0 Å². The van der Waals surface area contributed by atoms with Crippen molar-refractivity contribution >= 4 is 11.7 Å². The van der Waals surface area contributed by atoms with Gasteiger partial charge in [0, 0.05) is 30.6 Å². The summed E-state index contributed by atoms with van der Waals surface area (Å²) < 4.78 is 16.6. The minimum Gasteiger partial charge on any atom is -0.496 e. The second-order valence-electron chi connectivity index (χ2n) is 6.77. The molecule has 0 aromatic heterocycles. The number of rotatable bonds is 4. The van der Waals surface area contributed by atoms with Gasteiger partial charge < -0.3 is 30.0 Å². The summed E-state index contributed by atoms with van der Waals surface area (Å²) in [5, 5.41) is 16.3. The predicted octanol–water partition coefficient (Wildman–Crippen LogP) is 2.17. The maximum atomic E-state index is 12.2. The molecule has 1 aliphatic heterocycles. The van der Waals surface area contributed by atoms with Crippen LogP contribution in [0.1, 0.15) is 31.2 Å². The van der Waals surface area contributed by atoms with Gasteiger partial charge in [-0.25, -0.2) is 4.79 Å². The summed E-state index contributed by atoms with van der Waals surface area (Å²) in [6.45, 7) is 3.29. The number of aliphatic hydroxyl groups is 1. The molecule has 1 saturated heterocycles. The van der Waals surface area contributed by atoms with Gasteiger partial charge in [-0.2, -0.15) is 0 Å². The first-order chi connectivity index (χ1) is 12.0. The van der Waals surface area contributed by atoms with E-state index in [1.54, 1.807) is 7.11 Å². The lowest BCUT2D eigenvalue weighted by Crippen LogP contribution is -2.50. The minimum atomic E-state index is -0.929. The van der Waals surface area contributed by atoms with Gasteiger partial charge in [0.15, 0.2) is 5.79 Å². The zero-order chi connectivity index (χ0) is 17.9. The van der Waals surface area contributed by atoms with E-state index in [9.17, 15) is 9.90 Å². The average Bonchev–Trinajstić information content (AvgIpc) is 3.07. The summed E-state index contributed by atoms with van der Waals surface area (Å²) in [7, 11) is 1.59. The maximum Gasteiger partial charge on any atom is 0.319 e. The third-order valence-electron chi connectivity index (χ3n) is 5.09. The quantitative estimate of drug-likeness (QED) is 0.774. The van der Waals surface area contributed by atoms with Gasteiger partial charge in [0.1, 0.15) is 5.75 Å². The van der Waals surface area contributed by atoms with Crippen molar-refractivity contribution in [3.05, 3.63) is 23.8 Å². The molecular weight excluding hydrogens is 324 g/mol. The van der Waals surface area contributed by atoms with E-state index in [-0.39, 0.29) is 12.6 Å². The lowest BCUT2D eigenvalue weighted by Gasteiger charge is -2.40. The summed E-state index contributed by atoms with van der Waals surface area (Å²) in [6.07, 6.45) is 2.35. The Hall–Kier alpha value is -1.83. The number of ether oxygens (including phenoxy) is 3. The Balaban J connectivity index is 1.51. The number of benzene rings is 1. The topological polar surface area (TPSA) is 89.1 Å². The molecule has 0 bridgehead atoms. The van der Waals surface area contributed by atoms with Gasteiger partial charge in [0.05, 0.1) is 25.9 Å². The molecule has 7 nitrogen and oxygen atoms in total. The minimum absolute atomic E-state index is 0.192. The second-order valence-corrected chi connectivity index (χ2v) is 6.77. The molecule has 0 atom stereocenters. The Kier molecular flexibility index (Phi) is 5.17. The van der Waals surface area contributed by atoms with Gasteiger partial charge >= 0.3 is 6.03 Å². The van der Waals surface area contributed by atoms with Crippen LogP contribution in [-0.2, 0) is 9.47 Å². The van der Waals surface area contributed by atoms with Gasteiger partial charge in [0.25, 0.3) is 0 Å². The SMILES string of the molecule is COc1cccc(NC(=O)NCC2(O)CCC3(CC2)OCCO3)c1C. The van der Waals surface area contributed by atoms with E-state index in [1.165, 1.54) is 0 Å². The molecule has 2 fully saturated rings. The fourth-order valence-corrected chi connectivity index (χ4v) is 3.44. The number of hydrogen-bond acceptors (Lipinski definition) is 5. The number of urea groups is 1. The maximum absolute atomic E-state index is 12.2. The van der Waals surface area contributed by atoms with E-state index < -0.39 is 11.4 Å². The standard InChI is InChI=1S/C18H26N2O5/c1-13-14(4-3-5-15(13)23-2)20-16(21)19-12-17(22)6-8-18(9-7-17)24-10-11-25-18/h3-5,22H,6-12H2,1-2H3,(H2,19,20,21). The molecule has 1 heterocycles. The molecule has 25 heavy (non-hydrogen) atoms. The van der Waals surface area contributed by atoms with Crippen molar-refractivity contribution < 1.29 is 24.1 Å². The predicted molar refractivity (Wildman–Crippen MR) is 92.8 cm³/mol. The summed E-state index contributed by atoms with van der Waals surface area (Å²) >= 11 is 0. The van der Waals surface area contributed by atoms with E-state index in [0.29, 0.717) is 50.3 Å². The zero-order valence-corrected chi connectivity index (χ0v) is 14.8. The lowest BCUT2D eigenvalue weighted by atomic mass is 9.81. The van der Waals surface area contributed by atoms with Crippen molar-refractivity contribution in [2.75, 3.05) is 32.2 Å². The van der Waals surface area contributed by atoms with Crippen molar-refractivity contribution in [2.45, 2.75) is 44.0 Å². The van der Waals surface area contributed by atoms with Crippen LogP contribution >= 0.6 is 0 Å². The molecule has 1 spiro atoms. The highest BCUT2D eigenvalue weighted by molar-refractivity contribution is 5.90. The van der Waals surface area contributed by atoms with Crippen molar-refractivity contribution in [3.63, 3.8) is 0 Å². The monoisotopic (exact) mass is 350 g/mol. The van der Waals surface area contributed by atoms with E-state index in [2.05, 4.69) is 10.6 Å². The molecule has 2 amide bonds. The van der Waals surface area contributed by atoms with Gasteiger partial charge in [-0.3, -0.25) is 0 Å². The summed E-state index contributed by atoms with van der Waals surface area (Å²) in [6, 6.07) is 5.12. The number of methoxy groups -OCH3 is 1. The van der Waals surface area contributed by atoms with Gasteiger partial charge in [0.2, 0.25) is 0 Å². The lowest BCUT2D eigenvalue weighted by molar-refractivity contribution is -0.201. The molecule has 0 unspecified atom stereocenters. The van der Waals surface area contributed by atoms with Crippen LogP contribution in [0.15, 0.2) is 18.2 Å². The van der Waals surface area contributed by atoms with Crippen molar-refractivity contribution in [1.29, 1.82) is 0 Å². The number of nitrogens with one attached hydrogen (secondary N) is 2. The van der Waals surface area contributed by atoms with Crippen molar-refractivity contribution in [1.82, 2.24) is 5.32 Å². The first-order valence-electron chi connectivity index (χ1n) is 8.64. The third kappa shape index (κ3) is 4.05. The highest BCUT2D eigenvalue weighted by Crippen LogP contribution is 2.39. The van der Waals surface area contributed by atoms with Gasteiger partial charge in [-0.15, -0.1) is 0 Å². The molecule has 3 rings (SSSR count). The van der Waals surface area contributed by atoms with E-state index in [0.717, 1.165) is 5.56 Å². The fraction of sp³-hybridized carbons (Fsp3) is 0.611. The number of hydrogen-bond donors (Lipinski definition) is 3. The Morgan fingerprint density at radius 2 is 1.92 bits per heavy atom. The van der Waals surface area contributed by atoms with Crippen LogP contribution in [-0.4, -0.2) is 49.4 Å². The highest BCUT2D eigenvalue weighted by atomic mass is 16.7. The van der Waals surface area contributed by atoms with Crippen molar-refractivity contribution in [3.8, 4) is 5.75 Å². The van der Waals surface area contributed by atoms with E-state index in [1.807, 2.05) is 25.1 Å². The van der Waals surface area contributed by atoms with Crippen LogP contribution < -0.4 is 15.4 Å². The number of carbonyl (C=O) groups is 1. The van der Waals surface area contributed by atoms with Crippen LogP contribution in [0.4, 0.5) is 10.5 Å². The van der Waals surface area contributed by atoms with Gasteiger partial charge in [-0.05, 0) is 31.9 Å². The van der Waals surface area contributed by atoms with Crippen LogP contribution in [0.5, 0.6) is 5.75 Å². The summed E-state index contributed by atoms with van der Waals surface area (Å²) in [4.78, 5) is 12.2. The molecule has 1 aromatic carbocycles. The third-order valence-corrected chi connectivity index (χ3v) is 5.09. The molecule has 1 aliphatic carbocycles. The largest absolute Gasteiger partial charge is 0.496 e. The molecule has 7 heteroatoms. The first kappa shape index (κ1) is 18.0. The number of carbonyl (C=O) groups excluding carboxylic acids is 1. The zero-order valence-electron chi connectivity index (χ0n) is 14.8. The van der Waals surface area contributed by atoms with Crippen LogP contribution in [0.3, 0.4) is 0 Å². The Morgan fingerprint density at radius 3 is 2.56 bits per heavy atom. The highest BCUT2D eigenvalue weighted by Gasteiger charge is 2.45. The van der Waals surface area contributed by atoms with Crippen molar-refractivity contribution in [2.24, 2.45) is 0 Å². The number of amides is 2. The van der Waals surface area contributed by atoms with Gasteiger partial charge in [-0.1, -0.05) is 6.07 Å². The van der Waals surface area contributed by atoms with Crippen LogP contribution in [0, 0.1) is 6.92 Å². The average molecular weight is 350 g/mol.